The van der Waals surface area contributed by atoms with Crippen LogP contribution in [0.3, 0.4) is 0 Å². The maximum atomic E-state index is 6.31. The van der Waals surface area contributed by atoms with Crippen molar-refractivity contribution in [3.8, 4) is 0 Å². The van der Waals surface area contributed by atoms with Gasteiger partial charge in [-0.15, -0.1) is 0 Å². The minimum absolute atomic E-state index is 0.237. The molecule has 0 aromatic rings. The van der Waals surface area contributed by atoms with Crippen LogP contribution in [0.1, 0.15) is 74.1 Å². The molecule has 0 amide bonds. The highest BCUT2D eigenvalue weighted by Crippen LogP contribution is 2.40. The first kappa shape index (κ1) is 21.9. The Morgan fingerprint density at radius 3 is 2.08 bits per heavy atom. The van der Waals surface area contributed by atoms with Crippen molar-refractivity contribution < 1.29 is 13.7 Å². The topological polar surface area (TPSA) is 27.7 Å². The van der Waals surface area contributed by atoms with Crippen molar-refractivity contribution in [1.29, 1.82) is 0 Å². The largest absolute Gasteiger partial charge is 0.490 e. The fourth-order valence-corrected chi connectivity index (χ4v) is 5.75. The lowest BCUT2D eigenvalue weighted by Gasteiger charge is -2.32. The molecule has 1 saturated heterocycles. The maximum absolute atomic E-state index is 6.31. The molecule has 140 valence electrons. The molecule has 0 saturated carbocycles. The molecule has 1 aliphatic heterocycles. The summed E-state index contributed by atoms with van der Waals surface area (Å²) in [6.45, 7) is 19.5. The summed E-state index contributed by atoms with van der Waals surface area (Å²) in [4.78, 5) is 0. The average molecular weight is 354 g/mol. The number of unbranched alkanes of at least 4 members (excludes halogenated alkanes) is 3. The van der Waals surface area contributed by atoms with E-state index in [1.54, 1.807) is 0 Å². The van der Waals surface area contributed by atoms with Crippen LogP contribution in [-0.2, 0) is 13.7 Å². The van der Waals surface area contributed by atoms with E-state index in [4.69, 9.17) is 13.7 Å². The predicted octanol–water partition coefficient (Wildman–Crippen LogP) is 5.75. The number of rotatable bonds is 9. The maximum Gasteiger partial charge on any atom is 0.490 e. The fraction of sp³-hybridized carbons (Fsp3) is 0.895. The van der Waals surface area contributed by atoms with Gasteiger partial charge in [0.25, 0.3) is 0 Å². The molecule has 3 nitrogen and oxygen atoms in total. The van der Waals surface area contributed by atoms with E-state index in [1.807, 2.05) is 0 Å². The monoisotopic (exact) mass is 354 g/mol. The highest BCUT2D eigenvalue weighted by atomic mass is 28.4. The first-order valence-electron chi connectivity index (χ1n) is 9.62. The summed E-state index contributed by atoms with van der Waals surface area (Å²) in [6, 6.07) is 0.966. The van der Waals surface area contributed by atoms with Gasteiger partial charge in [0.15, 0.2) is 8.32 Å². The predicted molar refractivity (Wildman–Crippen MR) is 107 cm³/mol. The molecule has 24 heavy (non-hydrogen) atoms. The standard InChI is InChI=1S/C19H39BO3Si/c1-10-11-12-13-14-17(15-24(8,9)21-16(2)3)20-22-18(4,5)19(6,7)23-20/h14,16H,10-13,15H2,1-9H3/b17-14+. The molecule has 0 radical (unpaired) electrons. The Hall–Kier alpha value is -0.0982. The minimum Gasteiger partial charge on any atom is -0.415 e. The summed E-state index contributed by atoms with van der Waals surface area (Å²) in [6.07, 6.45) is 7.47. The molecule has 5 heteroatoms. The zero-order valence-corrected chi connectivity index (χ0v) is 18.5. The van der Waals surface area contributed by atoms with E-state index in [9.17, 15) is 0 Å². The highest BCUT2D eigenvalue weighted by Gasteiger charge is 2.52. The molecule has 1 heterocycles. The minimum atomic E-state index is -1.79. The summed E-state index contributed by atoms with van der Waals surface area (Å²) in [7, 11) is -2.02. The third-order valence-electron chi connectivity index (χ3n) is 4.95. The molecule has 0 aliphatic carbocycles. The number of allylic oxidation sites excluding steroid dienone is 2. The molecule has 0 aromatic carbocycles. The molecule has 0 N–H and O–H groups in total. The van der Waals surface area contributed by atoms with Gasteiger partial charge in [-0.25, -0.2) is 0 Å². The van der Waals surface area contributed by atoms with Crippen molar-refractivity contribution in [3.63, 3.8) is 0 Å². The zero-order chi connectivity index (χ0) is 18.6. The van der Waals surface area contributed by atoms with E-state index >= 15 is 0 Å². The van der Waals surface area contributed by atoms with Gasteiger partial charge >= 0.3 is 7.12 Å². The quantitative estimate of drug-likeness (QED) is 0.389. The van der Waals surface area contributed by atoms with E-state index in [-0.39, 0.29) is 24.4 Å². The van der Waals surface area contributed by atoms with Crippen LogP contribution in [0, 0.1) is 0 Å². The van der Waals surface area contributed by atoms with Gasteiger partial charge in [0.1, 0.15) is 0 Å². The average Bonchev–Trinajstić information content (AvgIpc) is 2.60. The summed E-state index contributed by atoms with van der Waals surface area (Å²) < 4.78 is 18.9. The molecule has 0 unspecified atom stereocenters. The molecule has 0 spiro atoms. The van der Waals surface area contributed by atoms with Gasteiger partial charge in [-0.1, -0.05) is 25.8 Å². The highest BCUT2D eigenvalue weighted by molar-refractivity contribution is 6.74. The third kappa shape index (κ3) is 6.32. The second-order valence-corrected chi connectivity index (χ2v) is 13.1. The lowest BCUT2D eigenvalue weighted by Crippen LogP contribution is -2.41. The summed E-state index contributed by atoms with van der Waals surface area (Å²) in [5, 5.41) is 0. The van der Waals surface area contributed by atoms with Crippen LogP contribution in [0.15, 0.2) is 11.5 Å². The Morgan fingerprint density at radius 2 is 1.62 bits per heavy atom. The third-order valence-corrected chi connectivity index (χ3v) is 7.32. The summed E-state index contributed by atoms with van der Waals surface area (Å²) >= 11 is 0. The van der Waals surface area contributed by atoms with Gasteiger partial charge in [-0.3, -0.25) is 0 Å². The summed E-state index contributed by atoms with van der Waals surface area (Å²) in [5.41, 5.74) is 0.706. The fourth-order valence-electron chi connectivity index (χ4n) is 3.10. The molecule has 1 rings (SSSR count). The first-order valence-corrected chi connectivity index (χ1v) is 12.7. The van der Waals surface area contributed by atoms with Crippen molar-refractivity contribution in [2.24, 2.45) is 0 Å². The van der Waals surface area contributed by atoms with E-state index in [1.165, 1.54) is 24.7 Å². The van der Waals surface area contributed by atoms with Crippen LogP contribution in [-0.4, -0.2) is 32.7 Å². The Morgan fingerprint density at radius 1 is 1.08 bits per heavy atom. The molecule has 1 aliphatic rings. The van der Waals surface area contributed by atoms with E-state index in [0.717, 1.165) is 12.5 Å². The Balaban J connectivity index is 2.90. The van der Waals surface area contributed by atoms with Gasteiger partial charge < -0.3 is 13.7 Å². The van der Waals surface area contributed by atoms with Crippen molar-refractivity contribution in [3.05, 3.63) is 11.5 Å². The van der Waals surface area contributed by atoms with Crippen molar-refractivity contribution in [2.45, 2.75) is 111 Å². The van der Waals surface area contributed by atoms with Crippen LogP contribution in [0.5, 0.6) is 0 Å². The van der Waals surface area contributed by atoms with Crippen LogP contribution in [0.25, 0.3) is 0 Å². The van der Waals surface area contributed by atoms with Gasteiger partial charge in [0.2, 0.25) is 0 Å². The Kier molecular flexibility index (Phi) is 7.79. The van der Waals surface area contributed by atoms with Crippen molar-refractivity contribution in [1.82, 2.24) is 0 Å². The Labute approximate surface area is 151 Å². The van der Waals surface area contributed by atoms with E-state index < -0.39 is 8.32 Å². The smallest absolute Gasteiger partial charge is 0.415 e. The number of hydrogen-bond acceptors (Lipinski definition) is 3. The lowest BCUT2D eigenvalue weighted by atomic mass is 9.78. The van der Waals surface area contributed by atoms with Crippen LogP contribution < -0.4 is 0 Å². The summed E-state index contributed by atoms with van der Waals surface area (Å²) in [5.74, 6) is 0. The van der Waals surface area contributed by atoms with Crippen molar-refractivity contribution >= 4 is 15.4 Å². The molecule has 0 atom stereocenters. The first-order chi connectivity index (χ1) is 10.9. The Bertz CT molecular complexity index is 414. The van der Waals surface area contributed by atoms with Crippen LogP contribution >= 0.6 is 0 Å². The van der Waals surface area contributed by atoms with E-state index in [2.05, 4.69) is 67.6 Å². The van der Waals surface area contributed by atoms with Crippen LogP contribution in [0.4, 0.5) is 0 Å². The SMILES string of the molecule is CCCCC/C=C(\C[Si](C)(C)OC(C)C)B1OC(C)(C)C(C)(C)O1. The zero-order valence-electron chi connectivity index (χ0n) is 17.5. The normalized spacial score (nSPS) is 20.9. The molecular formula is C19H39BO3Si. The van der Waals surface area contributed by atoms with Gasteiger partial charge in [0, 0.05) is 6.10 Å². The van der Waals surface area contributed by atoms with Crippen molar-refractivity contribution in [2.75, 3.05) is 0 Å². The van der Waals surface area contributed by atoms with Crippen LogP contribution in [0.2, 0.25) is 19.1 Å². The van der Waals surface area contributed by atoms with Gasteiger partial charge in [0.05, 0.1) is 11.2 Å². The second-order valence-electron chi connectivity index (χ2n) is 8.97. The van der Waals surface area contributed by atoms with Gasteiger partial charge in [-0.05, 0) is 79.0 Å². The lowest BCUT2D eigenvalue weighted by molar-refractivity contribution is 0.00578. The second kappa shape index (κ2) is 8.52. The number of hydrogen-bond donors (Lipinski definition) is 0. The molecule has 1 fully saturated rings. The van der Waals surface area contributed by atoms with E-state index in [0.29, 0.717) is 0 Å². The molecule has 0 bridgehead atoms. The molecule has 0 aromatic heterocycles. The van der Waals surface area contributed by atoms with Gasteiger partial charge in [-0.2, -0.15) is 0 Å². The molecular weight excluding hydrogens is 315 g/mol.